The van der Waals surface area contributed by atoms with E-state index >= 15 is 0 Å². The van der Waals surface area contributed by atoms with Gasteiger partial charge in [-0.2, -0.15) is 0 Å². The fourth-order valence-electron chi connectivity index (χ4n) is 8.91. The maximum Gasteiger partial charge on any atom is 0.187 e. The van der Waals surface area contributed by atoms with Crippen LogP contribution in [0, 0.1) is 5.92 Å². The molecule has 6 fully saturated rings. The minimum Gasteiger partial charge on any atom is -0.394 e. The number of hydrogen-bond donors (Lipinski definition) is 18. The van der Waals surface area contributed by atoms with Gasteiger partial charge in [-0.25, -0.2) is 0 Å². The molecule has 18 N–H and O–H groups in total. The highest BCUT2D eigenvalue weighted by molar-refractivity contribution is 5.00. The molecule has 30 unspecified atom stereocenters. The molecule has 6 rings (SSSR count). The van der Waals surface area contributed by atoms with Gasteiger partial charge in [0.05, 0.1) is 51.8 Å². The van der Waals surface area contributed by atoms with E-state index < -0.39 is 224 Å². The first kappa shape index (κ1) is 56.1. The largest absolute Gasteiger partial charge is 0.394 e. The molecule has 30 nitrogen and oxygen atoms in total. The molecule has 0 radical (unpaired) electrons. The maximum absolute atomic E-state index is 11.2. The van der Waals surface area contributed by atoms with Gasteiger partial charge in [-0.1, -0.05) is 6.92 Å². The fraction of sp³-hybridized carbons (Fsp3) is 1.00. The SMILES string of the molecule is COC1OC(CO)C(OC2OC(CO)C(OC3OC(CO)C(OC4OC(CO)C(OC5OC(CO)C(OC6OC(CO)C(C)C(O)C6O)C(O)C5O)C(O)C4O)C(O)C3O)C(O)C2O)C(O)C1O. The fourth-order valence-corrected chi connectivity index (χ4v) is 8.91. The Hall–Kier alpha value is -1.20. The summed E-state index contributed by atoms with van der Waals surface area (Å²) < 4.78 is 66.6. The van der Waals surface area contributed by atoms with Crippen molar-refractivity contribution in [3.63, 3.8) is 0 Å². The first-order chi connectivity index (χ1) is 32.3. The highest BCUT2D eigenvalue weighted by Crippen LogP contribution is 2.37. The number of methoxy groups -OCH3 is 1. The zero-order valence-corrected chi connectivity index (χ0v) is 36.5. The Balaban J connectivity index is 1.07. The Labute approximate surface area is 386 Å². The van der Waals surface area contributed by atoms with Crippen LogP contribution >= 0.6 is 0 Å². The minimum absolute atomic E-state index is 0.577. The lowest BCUT2D eigenvalue weighted by Gasteiger charge is -2.50. The second-order valence-corrected chi connectivity index (χ2v) is 17.3. The summed E-state index contributed by atoms with van der Waals surface area (Å²) in [6.45, 7) is -3.70. The summed E-state index contributed by atoms with van der Waals surface area (Å²) in [5.74, 6) is -0.735. The second-order valence-electron chi connectivity index (χ2n) is 17.3. The van der Waals surface area contributed by atoms with Crippen molar-refractivity contribution < 1.29 is 149 Å². The van der Waals surface area contributed by atoms with Crippen LogP contribution in [0.4, 0.5) is 0 Å². The number of rotatable bonds is 17. The number of hydrogen-bond acceptors (Lipinski definition) is 30. The normalized spacial score (nSPS) is 52.8. The summed E-state index contributed by atoms with van der Waals surface area (Å²) in [5, 5.41) is 191. The maximum atomic E-state index is 11.2. The molecule has 398 valence electrons. The van der Waals surface area contributed by atoms with Gasteiger partial charge in [0.1, 0.15) is 128 Å². The first-order valence-electron chi connectivity index (χ1n) is 21.9. The van der Waals surface area contributed by atoms with Gasteiger partial charge in [-0.05, 0) is 0 Å². The van der Waals surface area contributed by atoms with E-state index in [9.17, 15) is 91.9 Å². The molecule has 68 heavy (non-hydrogen) atoms. The van der Waals surface area contributed by atoms with Crippen LogP contribution in [0.25, 0.3) is 0 Å². The van der Waals surface area contributed by atoms with Crippen molar-refractivity contribution in [1.29, 1.82) is 0 Å². The molecule has 30 heteroatoms. The quantitative estimate of drug-likeness (QED) is 0.0643. The Bertz CT molecular complexity index is 1510. The van der Waals surface area contributed by atoms with Crippen molar-refractivity contribution in [3.8, 4) is 0 Å². The van der Waals surface area contributed by atoms with Crippen LogP contribution in [0.1, 0.15) is 6.92 Å². The van der Waals surface area contributed by atoms with Gasteiger partial charge in [0.15, 0.2) is 37.7 Å². The highest BCUT2D eigenvalue weighted by atomic mass is 16.8. The van der Waals surface area contributed by atoms with E-state index in [2.05, 4.69) is 0 Å². The monoisotopic (exact) mass is 1000 g/mol. The number of ether oxygens (including phenoxy) is 12. The highest BCUT2D eigenvalue weighted by Gasteiger charge is 2.57. The molecule has 0 aliphatic carbocycles. The summed E-state index contributed by atoms with van der Waals surface area (Å²) in [4.78, 5) is 0. The average Bonchev–Trinajstić information content (AvgIpc) is 3.33. The van der Waals surface area contributed by atoms with E-state index in [1.807, 2.05) is 0 Å². The van der Waals surface area contributed by atoms with Crippen LogP contribution in [-0.4, -0.2) is 317 Å². The Kier molecular flexibility index (Phi) is 20.0. The molecule has 0 amide bonds. The molecule has 6 aliphatic heterocycles. The molecule has 0 aromatic carbocycles. The van der Waals surface area contributed by atoms with Crippen molar-refractivity contribution in [2.45, 2.75) is 185 Å². The van der Waals surface area contributed by atoms with Crippen molar-refractivity contribution in [3.05, 3.63) is 0 Å². The van der Waals surface area contributed by atoms with Gasteiger partial charge in [0, 0.05) is 13.0 Å². The smallest absolute Gasteiger partial charge is 0.187 e. The van der Waals surface area contributed by atoms with Crippen molar-refractivity contribution in [2.24, 2.45) is 5.92 Å². The van der Waals surface area contributed by atoms with Crippen LogP contribution in [0.15, 0.2) is 0 Å². The molecular formula is C38H66O30. The third-order valence-electron chi connectivity index (χ3n) is 13.0. The molecule has 6 saturated heterocycles. The molecule has 0 aromatic rings. The zero-order valence-electron chi connectivity index (χ0n) is 36.5. The van der Waals surface area contributed by atoms with E-state index in [1.54, 1.807) is 0 Å². The summed E-state index contributed by atoms with van der Waals surface area (Å²) in [6, 6.07) is 0. The topological polar surface area (TPSA) is 475 Å². The lowest BCUT2D eigenvalue weighted by Crippen LogP contribution is -2.68. The predicted molar refractivity (Wildman–Crippen MR) is 207 cm³/mol. The van der Waals surface area contributed by atoms with E-state index in [1.165, 1.54) is 14.0 Å². The third kappa shape index (κ3) is 11.3. The van der Waals surface area contributed by atoms with Crippen LogP contribution < -0.4 is 0 Å². The Morgan fingerprint density at radius 3 is 0.691 bits per heavy atom. The van der Waals surface area contributed by atoms with Gasteiger partial charge in [-0.15, -0.1) is 0 Å². The van der Waals surface area contributed by atoms with Crippen molar-refractivity contribution in [1.82, 2.24) is 0 Å². The number of aliphatic hydroxyl groups is 18. The molecule has 0 saturated carbocycles. The third-order valence-corrected chi connectivity index (χ3v) is 13.0. The molecule has 0 aromatic heterocycles. The lowest BCUT2D eigenvalue weighted by molar-refractivity contribution is -0.395. The average molecular weight is 1000 g/mol. The van der Waals surface area contributed by atoms with Gasteiger partial charge in [0.25, 0.3) is 0 Å². The Morgan fingerprint density at radius 2 is 0.471 bits per heavy atom. The zero-order chi connectivity index (χ0) is 50.0. The van der Waals surface area contributed by atoms with Gasteiger partial charge in [0.2, 0.25) is 0 Å². The van der Waals surface area contributed by atoms with E-state index in [0.29, 0.717) is 0 Å². The van der Waals surface area contributed by atoms with Gasteiger partial charge in [-0.3, -0.25) is 0 Å². The van der Waals surface area contributed by atoms with Crippen molar-refractivity contribution >= 4 is 0 Å². The first-order valence-corrected chi connectivity index (χ1v) is 21.9. The Morgan fingerprint density at radius 1 is 0.279 bits per heavy atom. The van der Waals surface area contributed by atoms with Gasteiger partial charge >= 0.3 is 0 Å². The van der Waals surface area contributed by atoms with Crippen molar-refractivity contribution in [2.75, 3.05) is 46.8 Å². The summed E-state index contributed by atoms with van der Waals surface area (Å²) >= 11 is 0. The molecule has 0 bridgehead atoms. The van der Waals surface area contributed by atoms with Crippen LogP contribution in [-0.2, 0) is 56.8 Å². The van der Waals surface area contributed by atoms with E-state index in [-0.39, 0.29) is 0 Å². The second kappa shape index (κ2) is 24.2. The summed E-state index contributed by atoms with van der Waals surface area (Å²) in [5.41, 5.74) is 0. The van der Waals surface area contributed by atoms with Crippen LogP contribution in [0.3, 0.4) is 0 Å². The van der Waals surface area contributed by atoms with E-state index in [0.717, 1.165) is 0 Å². The summed E-state index contributed by atoms with van der Waals surface area (Å²) in [6.07, 6.45) is -51.5. The minimum atomic E-state index is -2.15. The molecular weight excluding hydrogens is 936 g/mol. The molecule has 6 aliphatic rings. The standard InChI is InChI=1S/C38H66O30/c1-9-10(3-39)58-34(22(51)16(9)45)64-29-12(5-41)60-36(24(53)18(29)47)66-31-14(7-43)62-38(26(55)20(31)49)68-32-15(8-44)63-37(27(56)21(32)50)67-30-13(6-42)61-35(25(54)19(30)48)65-28-11(4-40)59-33(57-2)23(52)17(28)46/h9-56H,3-8H2,1-2H3. The van der Waals surface area contributed by atoms with E-state index in [4.69, 9.17) is 56.8 Å². The van der Waals surface area contributed by atoms with Crippen LogP contribution in [0.5, 0.6) is 0 Å². The molecule has 0 spiro atoms. The summed E-state index contributed by atoms with van der Waals surface area (Å²) in [7, 11) is 1.17. The lowest BCUT2D eigenvalue weighted by atomic mass is 9.91. The molecule has 30 atom stereocenters. The predicted octanol–water partition coefficient (Wildman–Crippen LogP) is -12.2. The van der Waals surface area contributed by atoms with Gasteiger partial charge < -0.3 is 149 Å². The number of aliphatic hydroxyl groups excluding tert-OH is 18. The van der Waals surface area contributed by atoms with Crippen LogP contribution in [0.2, 0.25) is 0 Å². The molecule has 6 heterocycles.